The smallest absolute Gasteiger partial charge is 0.174 e. The molecule has 0 saturated heterocycles. The maximum atomic E-state index is 6.10. The zero-order chi connectivity index (χ0) is 23.8. The van der Waals surface area contributed by atoms with E-state index in [2.05, 4.69) is 84.3 Å². The minimum Gasteiger partial charge on any atom is -0.489 e. The molecule has 1 atom stereocenters. The van der Waals surface area contributed by atoms with Gasteiger partial charge in [0, 0.05) is 15.4 Å². The van der Waals surface area contributed by atoms with Crippen LogP contribution in [-0.4, -0.2) is 0 Å². The molecule has 4 aromatic rings. The summed E-state index contributed by atoms with van der Waals surface area (Å²) in [7, 11) is 0. The quantitative estimate of drug-likeness (QED) is 0.139. The van der Waals surface area contributed by atoms with E-state index >= 15 is 0 Å². The third-order valence-electron chi connectivity index (χ3n) is 5.18. The summed E-state index contributed by atoms with van der Waals surface area (Å²) in [5, 5.41) is 0. The lowest BCUT2D eigenvalue weighted by molar-refractivity contribution is 0.306. The minimum atomic E-state index is -0.0533. The highest BCUT2D eigenvalue weighted by Gasteiger charge is 2.09. The first-order valence-electron chi connectivity index (χ1n) is 10.9. The van der Waals surface area contributed by atoms with Crippen molar-refractivity contribution in [1.29, 1.82) is 0 Å². The van der Waals surface area contributed by atoms with Crippen LogP contribution in [0, 0.1) is 0 Å². The van der Waals surface area contributed by atoms with Gasteiger partial charge in [-0.3, -0.25) is 0 Å². The van der Waals surface area contributed by atoms with Gasteiger partial charge < -0.3 is 9.47 Å². The van der Waals surface area contributed by atoms with Crippen LogP contribution in [0.2, 0.25) is 0 Å². The first-order valence-corrected chi connectivity index (χ1v) is 12.9. The lowest BCUT2D eigenvalue weighted by Gasteiger charge is -2.14. The Morgan fingerprint density at radius 3 is 1.71 bits per heavy atom. The Kier molecular flexibility index (Phi) is 8.50. The molecule has 0 heterocycles. The molecule has 0 aliphatic rings. The summed E-state index contributed by atoms with van der Waals surface area (Å²) in [6.45, 7) is 8.12. The monoisotopic (exact) mass is 576 g/mol. The highest BCUT2D eigenvalue weighted by Crippen LogP contribution is 2.33. The molecule has 1 unspecified atom stereocenters. The van der Waals surface area contributed by atoms with Gasteiger partial charge in [0.25, 0.3) is 0 Å². The van der Waals surface area contributed by atoms with Crippen LogP contribution in [0.5, 0.6) is 11.5 Å². The van der Waals surface area contributed by atoms with Crippen molar-refractivity contribution in [1.82, 2.24) is 0 Å². The highest BCUT2D eigenvalue weighted by atomic mass is 127. The van der Waals surface area contributed by atoms with Gasteiger partial charge in [0.1, 0.15) is 18.1 Å². The van der Waals surface area contributed by atoms with E-state index in [1.54, 1.807) is 11.8 Å². The number of alkyl halides is 1. The van der Waals surface area contributed by atoms with Gasteiger partial charge in [0.2, 0.25) is 0 Å². The average molecular weight is 576 g/mol. The molecule has 0 fully saturated rings. The van der Waals surface area contributed by atoms with Gasteiger partial charge in [-0.25, -0.2) is 0 Å². The molecule has 34 heavy (non-hydrogen) atoms. The molecule has 4 rings (SSSR count). The molecule has 0 amide bonds. The Bertz CT molecular complexity index is 1220. The highest BCUT2D eigenvalue weighted by molar-refractivity contribution is 14.1. The summed E-state index contributed by atoms with van der Waals surface area (Å²) in [4.78, 5) is 2.31. The second-order valence-corrected chi connectivity index (χ2v) is 9.86. The average Bonchev–Trinajstić information content (AvgIpc) is 2.89. The normalized spacial score (nSPS) is 11.4. The molecule has 0 aromatic heterocycles. The van der Waals surface area contributed by atoms with Crippen LogP contribution in [-0.2, 0) is 6.61 Å². The zero-order valence-electron chi connectivity index (χ0n) is 18.7. The fourth-order valence-electron chi connectivity index (χ4n) is 3.21. The summed E-state index contributed by atoms with van der Waals surface area (Å²) >= 11 is 4.02. The molecule has 0 aliphatic heterocycles. The third-order valence-corrected chi connectivity index (χ3v) is 7.17. The first kappa shape index (κ1) is 24.2. The maximum absolute atomic E-state index is 6.10. The van der Waals surface area contributed by atoms with Crippen molar-refractivity contribution in [2.24, 2.45) is 0 Å². The van der Waals surface area contributed by atoms with Crippen LogP contribution >= 0.6 is 34.4 Å². The van der Waals surface area contributed by atoms with Gasteiger partial charge in [0.15, 0.2) is 4.11 Å². The van der Waals surface area contributed by atoms with Crippen LogP contribution in [0.1, 0.15) is 26.4 Å². The first-order chi connectivity index (χ1) is 16.6. The second-order valence-electron chi connectivity index (χ2n) is 7.58. The Morgan fingerprint density at radius 1 is 0.676 bits per heavy atom. The van der Waals surface area contributed by atoms with E-state index in [1.165, 1.54) is 0 Å². The Morgan fingerprint density at radius 2 is 1.18 bits per heavy atom. The number of hydrogen-bond acceptors (Lipinski definition) is 3. The van der Waals surface area contributed by atoms with E-state index in [-0.39, 0.29) is 4.11 Å². The number of ether oxygens (including phenoxy) is 2. The van der Waals surface area contributed by atoms with Gasteiger partial charge >= 0.3 is 0 Å². The summed E-state index contributed by atoms with van der Waals surface area (Å²) in [5.74, 6) is 1.71. The number of benzene rings is 4. The van der Waals surface area contributed by atoms with Crippen molar-refractivity contribution in [3.05, 3.63) is 132 Å². The fraction of sp³-hybridized carbons (Fsp3) is 0.0667. The fourth-order valence-corrected chi connectivity index (χ4v) is 4.74. The molecule has 0 aliphatic carbocycles. The summed E-state index contributed by atoms with van der Waals surface area (Å²) in [6.07, 6.45) is 3.68. The Balaban J connectivity index is 1.29. The van der Waals surface area contributed by atoms with E-state index in [1.807, 2.05) is 60.7 Å². The number of halogens is 1. The van der Waals surface area contributed by atoms with Crippen molar-refractivity contribution in [3.8, 4) is 11.5 Å². The van der Waals surface area contributed by atoms with Crippen LogP contribution < -0.4 is 9.47 Å². The van der Waals surface area contributed by atoms with E-state index in [4.69, 9.17) is 9.47 Å². The third kappa shape index (κ3) is 6.78. The number of rotatable bonds is 10. The van der Waals surface area contributed by atoms with Crippen LogP contribution in [0.3, 0.4) is 0 Å². The van der Waals surface area contributed by atoms with Crippen LogP contribution in [0.25, 0.3) is 12.2 Å². The van der Waals surface area contributed by atoms with Crippen molar-refractivity contribution >= 4 is 46.5 Å². The Labute approximate surface area is 219 Å². The SMILES string of the molecule is C=Cc1ccc(COc2ccc(Sc3ccc(OC(I)c4ccc(C=C)cc4)cc3)cc2)cc1. The van der Waals surface area contributed by atoms with E-state index in [0.29, 0.717) is 6.61 Å². The molecule has 0 spiro atoms. The molecule has 0 radical (unpaired) electrons. The van der Waals surface area contributed by atoms with Crippen molar-refractivity contribution in [2.45, 2.75) is 20.5 Å². The molecular formula is C30H25IO2S. The van der Waals surface area contributed by atoms with Crippen LogP contribution in [0.4, 0.5) is 0 Å². The maximum Gasteiger partial charge on any atom is 0.174 e. The zero-order valence-corrected chi connectivity index (χ0v) is 21.7. The largest absolute Gasteiger partial charge is 0.489 e. The minimum absolute atomic E-state index is 0.0533. The van der Waals surface area contributed by atoms with Gasteiger partial charge in [-0.1, -0.05) is 85.6 Å². The van der Waals surface area contributed by atoms with E-state index in [0.717, 1.165) is 43.5 Å². The lowest BCUT2D eigenvalue weighted by atomic mass is 10.1. The molecular weight excluding hydrogens is 551 g/mol. The molecule has 0 N–H and O–H groups in total. The van der Waals surface area contributed by atoms with Crippen LogP contribution in [0.15, 0.2) is 120 Å². The van der Waals surface area contributed by atoms with E-state index < -0.39 is 0 Å². The lowest BCUT2D eigenvalue weighted by Crippen LogP contribution is -1.99. The van der Waals surface area contributed by atoms with Gasteiger partial charge in [-0.15, -0.1) is 0 Å². The molecule has 0 saturated carbocycles. The van der Waals surface area contributed by atoms with Crippen molar-refractivity contribution in [2.75, 3.05) is 0 Å². The molecule has 4 aromatic carbocycles. The summed E-state index contributed by atoms with van der Waals surface area (Å²) in [6, 6.07) is 32.8. The van der Waals surface area contributed by atoms with Gasteiger partial charge in [-0.2, -0.15) is 0 Å². The second kappa shape index (κ2) is 12.0. The standard InChI is InChI=1S/C30H25IO2S/c1-3-22-5-7-24(8-6-22)21-32-26-13-17-28(18-14-26)34-29-19-15-27(16-20-29)33-30(31)25-11-9-23(4-2)10-12-25/h3-20,30H,1-2,21H2. The molecule has 0 bridgehead atoms. The van der Waals surface area contributed by atoms with E-state index in [9.17, 15) is 0 Å². The topological polar surface area (TPSA) is 18.5 Å². The summed E-state index contributed by atoms with van der Waals surface area (Å²) < 4.78 is 12.0. The summed E-state index contributed by atoms with van der Waals surface area (Å²) in [5.41, 5.74) is 4.47. The predicted molar refractivity (Wildman–Crippen MR) is 152 cm³/mol. The van der Waals surface area contributed by atoms with Crippen molar-refractivity contribution in [3.63, 3.8) is 0 Å². The van der Waals surface area contributed by atoms with Gasteiger partial charge in [-0.05, 0) is 87.8 Å². The Hall–Kier alpha value is -2.96. The predicted octanol–water partition coefficient (Wildman–Crippen LogP) is 9.22. The molecule has 4 heteroatoms. The number of hydrogen-bond donors (Lipinski definition) is 0. The van der Waals surface area contributed by atoms with Gasteiger partial charge in [0.05, 0.1) is 0 Å². The molecule has 170 valence electrons. The van der Waals surface area contributed by atoms with Crippen molar-refractivity contribution < 1.29 is 9.47 Å². The molecule has 2 nitrogen and oxygen atoms in total.